The van der Waals surface area contributed by atoms with Crippen LogP contribution in [0, 0.1) is 0 Å². The maximum absolute atomic E-state index is 13.4. The standard InChI is InChI=1S/C27H37BrN2O4/c1-8-23(26(32)29-27(4,5)6)30(16-19-9-12-21(33-7)13-10-19)25(31)17-34-24-14-11-20(18(2)3)15-22(24)28/h9-15,18,23H,8,16-17H2,1-7H3,(H,29,32)/t23-/m1/s1. The number of nitrogens with one attached hydrogen (secondary N) is 1. The number of carbonyl (C=O) groups is 2. The molecule has 34 heavy (non-hydrogen) atoms. The molecule has 0 aromatic heterocycles. The van der Waals surface area contributed by atoms with E-state index in [1.807, 2.05) is 70.2 Å². The molecule has 0 heterocycles. The van der Waals surface area contributed by atoms with Crippen molar-refractivity contribution in [3.05, 3.63) is 58.1 Å². The van der Waals surface area contributed by atoms with Crippen molar-refractivity contribution in [2.24, 2.45) is 0 Å². The quantitative estimate of drug-likeness (QED) is 0.427. The molecule has 0 bridgehead atoms. The first-order chi connectivity index (χ1) is 15.9. The molecule has 0 aliphatic rings. The highest BCUT2D eigenvalue weighted by Gasteiger charge is 2.31. The first-order valence-corrected chi connectivity index (χ1v) is 12.4. The maximum Gasteiger partial charge on any atom is 0.261 e. The highest BCUT2D eigenvalue weighted by Crippen LogP contribution is 2.29. The lowest BCUT2D eigenvalue weighted by molar-refractivity contribution is -0.143. The average Bonchev–Trinajstić information content (AvgIpc) is 2.77. The molecule has 0 aliphatic carbocycles. The molecule has 2 aromatic carbocycles. The van der Waals surface area contributed by atoms with Crippen LogP contribution in [-0.2, 0) is 16.1 Å². The van der Waals surface area contributed by atoms with Crippen LogP contribution in [0.1, 0.15) is 65.0 Å². The number of benzene rings is 2. The van der Waals surface area contributed by atoms with Gasteiger partial charge in [0.2, 0.25) is 5.91 Å². The van der Waals surface area contributed by atoms with Gasteiger partial charge in [-0.1, -0.05) is 39.0 Å². The predicted molar refractivity (Wildman–Crippen MR) is 139 cm³/mol. The Morgan fingerprint density at radius 3 is 2.24 bits per heavy atom. The minimum absolute atomic E-state index is 0.172. The Bertz CT molecular complexity index is 968. The number of nitrogens with zero attached hydrogens (tertiary/aromatic N) is 1. The SMILES string of the molecule is CC[C@H](C(=O)NC(C)(C)C)N(Cc1ccc(OC)cc1)C(=O)COc1ccc(C(C)C)cc1Br. The number of ether oxygens (including phenoxy) is 2. The second-order valence-corrected chi connectivity index (χ2v) is 10.5. The van der Waals surface area contributed by atoms with Gasteiger partial charge in [0.05, 0.1) is 11.6 Å². The first-order valence-electron chi connectivity index (χ1n) is 11.6. The highest BCUT2D eigenvalue weighted by atomic mass is 79.9. The average molecular weight is 534 g/mol. The molecule has 0 unspecified atom stereocenters. The number of hydrogen-bond acceptors (Lipinski definition) is 4. The van der Waals surface area contributed by atoms with Gasteiger partial charge in [-0.25, -0.2) is 0 Å². The highest BCUT2D eigenvalue weighted by molar-refractivity contribution is 9.10. The van der Waals surface area contributed by atoms with E-state index in [0.29, 0.717) is 18.1 Å². The Morgan fingerprint density at radius 2 is 1.74 bits per heavy atom. The second-order valence-electron chi connectivity index (χ2n) is 9.67. The second kappa shape index (κ2) is 12.2. The number of amides is 2. The van der Waals surface area contributed by atoms with Crippen molar-refractivity contribution in [1.29, 1.82) is 0 Å². The summed E-state index contributed by atoms with van der Waals surface area (Å²) in [6, 6.07) is 12.7. The largest absolute Gasteiger partial charge is 0.497 e. The van der Waals surface area contributed by atoms with Crippen LogP contribution in [-0.4, -0.2) is 42.0 Å². The number of hydrogen-bond donors (Lipinski definition) is 1. The van der Waals surface area contributed by atoms with E-state index in [-0.39, 0.29) is 25.0 Å². The zero-order chi connectivity index (χ0) is 25.5. The van der Waals surface area contributed by atoms with Crippen LogP contribution in [0.3, 0.4) is 0 Å². The molecule has 0 saturated carbocycles. The van der Waals surface area contributed by atoms with Crippen molar-refractivity contribution in [2.75, 3.05) is 13.7 Å². The van der Waals surface area contributed by atoms with Crippen molar-refractivity contribution < 1.29 is 19.1 Å². The van der Waals surface area contributed by atoms with Gasteiger partial charge in [0.15, 0.2) is 6.61 Å². The summed E-state index contributed by atoms with van der Waals surface area (Å²) >= 11 is 3.54. The third kappa shape index (κ3) is 8.05. The summed E-state index contributed by atoms with van der Waals surface area (Å²) in [4.78, 5) is 28.1. The van der Waals surface area contributed by atoms with Gasteiger partial charge in [0, 0.05) is 12.1 Å². The van der Waals surface area contributed by atoms with E-state index >= 15 is 0 Å². The summed E-state index contributed by atoms with van der Waals surface area (Å²) in [5.74, 6) is 1.27. The lowest BCUT2D eigenvalue weighted by Gasteiger charge is -2.33. The Hall–Kier alpha value is -2.54. The van der Waals surface area contributed by atoms with Crippen LogP contribution < -0.4 is 14.8 Å². The minimum atomic E-state index is -0.621. The third-order valence-electron chi connectivity index (χ3n) is 5.37. The molecule has 1 atom stereocenters. The summed E-state index contributed by atoms with van der Waals surface area (Å²) in [6.45, 7) is 12.0. The van der Waals surface area contributed by atoms with Crippen molar-refractivity contribution in [3.8, 4) is 11.5 Å². The zero-order valence-electron chi connectivity index (χ0n) is 21.3. The summed E-state index contributed by atoms with van der Waals surface area (Å²) < 4.78 is 11.9. The van der Waals surface area contributed by atoms with Gasteiger partial charge < -0.3 is 19.7 Å². The lowest BCUT2D eigenvalue weighted by atomic mass is 10.0. The minimum Gasteiger partial charge on any atom is -0.497 e. The fraction of sp³-hybridized carbons (Fsp3) is 0.481. The molecular formula is C27H37BrN2O4. The van der Waals surface area contributed by atoms with Gasteiger partial charge in [-0.2, -0.15) is 0 Å². The number of halogens is 1. The van der Waals surface area contributed by atoms with Crippen molar-refractivity contribution in [3.63, 3.8) is 0 Å². The van der Waals surface area contributed by atoms with Gasteiger partial charge in [0.25, 0.3) is 5.91 Å². The smallest absolute Gasteiger partial charge is 0.261 e. The number of carbonyl (C=O) groups excluding carboxylic acids is 2. The van der Waals surface area contributed by atoms with E-state index in [9.17, 15) is 9.59 Å². The van der Waals surface area contributed by atoms with Gasteiger partial charge in [0.1, 0.15) is 17.5 Å². The summed E-state index contributed by atoms with van der Waals surface area (Å²) in [6.07, 6.45) is 0.483. The first kappa shape index (κ1) is 27.7. The Morgan fingerprint density at radius 1 is 1.09 bits per heavy atom. The number of rotatable bonds is 10. The van der Waals surface area contributed by atoms with Gasteiger partial charge in [-0.05, 0) is 84.4 Å². The predicted octanol–water partition coefficient (Wildman–Crippen LogP) is 5.68. The summed E-state index contributed by atoms with van der Waals surface area (Å²) in [5, 5.41) is 3.01. The van der Waals surface area contributed by atoms with E-state index in [1.165, 1.54) is 5.56 Å². The lowest BCUT2D eigenvalue weighted by Crippen LogP contribution is -2.54. The third-order valence-corrected chi connectivity index (χ3v) is 5.99. The van der Waals surface area contributed by atoms with Crippen molar-refractivity contribution in [2.45, 2.75) is 72.0 Å². The number of methoxy groups -OCH3 is 1. The van der Waals surface area contributed by atoms with E-state index < -0.39 is 11.6 Å². The Labute approximate surface area is 212 Å². The summed E-state index contributed by atoms with van der Waals surface area (Å²) in [5.41, 5.74) is 1.67. The molecule has 6 nitrogen and oxygen atoms in total. The van der Waals surface area contributed by atoms with Gasteiger partial charge >= 0.3 is 0 Å². The molecule has 0 aliphatic heterocycles. The van der Waals surface area contributed by atoms with E-state index in [0.717, 1.165) is 15.8 Å². The van der Waals surface area contributed by atoms with Crippen LogP contribution >= 0.6 is 15.9 Å². The van der Waals surface area contributed by atoms with Crippen LogP contribution in [0.2, 0.25) is 0 Å². The van der Waals surface area contributed by atoms with E-state index in [2.05, 4.69) is 35.1 Å². The molecule has 1 N–H and O–H groups in total. The van der Waals surface area contributed by atoms with Gasteiger partial charge in [-0.15, -0.1) is 0 Å². The maximum atomic E-state index is 13.4. The van der Waals surface area contributed by atoms with Crippen LogP contribution in [0.25, 0.3) is 0 Å². The fourth-order valence-corrected chi connectivity index (χ4v) is 4.03. The molecule has 7 heteroatoms. The molecule has 0 fully saturated rings. The van der Waals surface area contributed by atoms with Crippen LogP contribution in [0.5, 0.6) is 11.5 Å². The Balaban J connectivity index is 2.25. The van der Waals surface area contributed by atoms with E-state index in [4.69, 9.17) is 9.47 Å². The summed E-state index contributed by atoms with van der Waals surface area (Å²) in [7, 11) is 1.61. The molecule has 2 amide bonds. The van der Waals surface area contributed by atoms with E-state index in [1.54, 1.807) is 12.0 Å². The monoisotopic (exact) mass is 532 g/mol. The van der Waals surface area contributed by atoms with Gasteiger partial charge in [-0.3, -0.25) is 9.59 Å². The molecule has 2 rings (SSSR count). The molecule has 186 valence electrons. The van der Waals surface area contributed by atoms with Crippen molar-refractivity contribution in [1.82, 2.24) is 10.2 Å². The normalized spacial score (nSPS) is 12.3. The fourth-order valence-electron chi connectivity index (χ4n) is 3.52. The van der Waals surface area contributed by atoms with Crippen LogP contribution in [0.15, 0.2) is 46.9 Å². The molecular weight excluding hydrogens is 496 g/mol. The van der Waals surface area contributed by atoms with Crippen molar-refractivity contribution >= 4 is 27.7 Å². The zero-order valence-corrected chi connectivity index (χ0v) is 22.9. The molecule has 2 aromatic rings. The molecule has 0 radical (unpaired) electrons. The molecule has 0 saturated heterocycles. The Kier molecular flexibility index (Phi) is 9.98. The molecule has 0 spiro atoms. The topological polar surface area (TPSA) is 67.9 Å². The van der Waals surface area contributed by atoms with Crippen LogP contribution in [0.4, 0.5) is 0 Å².